The lowest BCUT2D eigenvalue weighted by atomic mass is 10.5. The first-order chi connectivity index (χ1) is 6.33. The molecule has 13 heavy (non-hydrogen) atoms. The zero-order valence-corrected chi connectivity index (χ0v) is 6.90. The van der Waals surface area contributed by atoms with Crippen molar-refractivity contribution in [1.29, 1.82) is 0 Å². The molecule has 0 aliphatic rings. The summed E-state index contributed by atoms with van der Waals surface area (Å²) in [5.74, 6) is 0.373. The zero-order chi connectivity index (χ0) is 9.52. The molecule has 2 amide bonds. The van der Waals surface area contributed by atoms with Gasteiger partial charge in [0.2, 0.25) is 0 Å². The molecular formula is C7H10N4O2. The van der Waals surface area contributed by atoms with Crippen LogP contribution in [0.25, 0.3) is 0 Å². The number of carbonyl (C=O) groups is 1. The lowest BCUT2D eigenvalue weighted by Gasteiger charge is -2.03. The number of carbonyl (C=O) groups excluding carboxylic acids is 1. The van der Waals surface area contributed by atoms with Crippen LogP contribution in [-0.4, -0.2) is 34.5 Å². The molecule has 0 spiro atoms. The number of aliphatic hydroxyl groups is 1. The number of urea groups is 1. The molecule has 0 aromatic carbocycles. The Morgan fingerprint density at radius 3 is 3.08 bits per heavy atom. The molecule has 0 aliphatic carbocycles. The van der Waals surface area contributed by atoms with Gasteiger partial charge in [0.1, 0.15) is 0 Å². The number of amides is 2. The SMILES string of the molecule is O=C(NCCO)Nc1cccnn1. The van der Waals surface area contributed by atoms with Crippen LogP contribution in [0.1, 0.15) is 0 Å². The summed E-state index contributed by atoms with van der Waals surface area (Å²) in [6.45, 7) is 0.125. The van der Waals surface area contributed by atoms with E-state index in [9.17, 15) is 4.79 Å². The monoisotopic (exact) mass is 182 g/mol. The summed E-state index contributed by atoms with van der Waals surface area (Å²) >= 11 is 0. The van der Waals surface area contributed by atoms with Gasteiger partial charge in [-0.2, -0.15) is 5.10 Å². The van der Waals surface area contributed by atoms with E-state index in [1.165, 1.54) is 6.20 Å². The summed E-state index contributed by atoms with van der Waals surface area (Å²) in [4.78, 5) is 11.0. The van der Waals surface area contributed by atoms with Crippen LogP contribution in [-0.2, 0) is 0 Å². The van der Waals surface area contributed by atoms with Gasteiger partial charge in [-0.25, -0.2) is 4.79 Å². The van der Waals surface area contributed by atoms with Crippen LogP contribution in [0, 0.1) is 0 Å². The van der Waals surface area contributed by atoms with Crippen molar-refractivity contribution in [2.75, 3.05) is 18.5 Å². The molecule has 1 aromatic heterocycles. The van der Waals surface area contributed by atoms with Crippen molar-refractivity contribution in [1.82, 2.24) is 15.5 Å². The number of nitrogens with one attached hydrogen (secondary N) is 2. The number of aromatic nitrogens is 2. The zero-order valence-electron chi connectivity index (χ0n) is 6.90. The van der Waals surface area contributed by atoms with Crippen LogP contribution in [0.3, 0.4) is 0 Å². The van der Waals surface area contributed by atoms with Crippen molar-refractivity contribution < 1.29 is 9.90 Å². The smallest absolute Gasteiger partial charge is 0.320 e. The van der Waals surface area contributed by atoms with Crippen molar-refractivity contribution in [3.8, 4) is 0 Å². The minimum Gasteiger partial charge on any atom is -0.395 e. The second-order valence-electron chi connectivity index (χ2n) is 2.21. The summed E-state index contributed by atoms with van der Waals surface area (Å²) in [5.41, 5.74) is 0. The van der Waals surface area contributed by atoms with Gasteiger partial charge in [0.15, 0.2) is 5.82 Å². The Kier molecular flexibility index (Phi) is 3.65. The molecule has 6 nitrogen and oxygen atoms in total. The maximum atomic E-state index is 11.0. The quantitative estimate of drug-likeness (QED) is 0.593. The fourth-order valence-corrected chi connectivity index (χ4v) is 0.698. The van der Waals surface area contributed by atoms with Gasteiger partial charge < -0.3 is 10.4 Å². The van der Waals surface area contributed by atoms with Crippen molar-refractivity contribution >= 4 is 11.8 Å². The third-order valence-electron chi connectivity index (χ3n) is 1.21. The number of aliphatic hydroxyl groups excluding tert-OH is 1. The summed E-state index contributed by atoms with van der Waals surface area (Å²) in [5, 5.41) is 20.5. The molecule has 0 saturated heterocycles. The first-order valence-corrected chi connectivity index (χ1v) is 3.76. The lowest BCUT2D eigenvalue weighted by molar-refractivity contribution is 0.244. The number of nitrogens with zero attached hydrogens (tertiary/aromatic N) is 2. The van der Waals surface area contributed by atoms with Crippen LogP contribution in [0.5, 0.6) is 0 Å². The lowest BCUT2D eigenvalue weighted by Crippen LogP contribution is -2.31. The topological polar surface area (TPSA) is 87.1 Å². The van der Waals surface area contributed by atoms with Crippen LogP contribution in [0.2, 0.25) is 0 Å². The van der Waals surface area contributed by atoms with E-state index in [4.69, 9.17) is 5.11 Å². The van der Waals surface area contributed by atoms with E-state index in [0.29, 0.717) is 5.82 Å². The third kappa shape index (κ3) is 3.48. The molecule has 70 valence electrons. The molecule has 1 aromatic rings. The van der Waals surface area contributed by atoms with Gasteiger partial charge in [-0.1, -0.05) is 0 Å². The van der Waals surface area contributed by atoms with Gasteiger partial charge in [-0.15, -0.1) is 5.10 Å². The van der Waals surface area contributed by atoms with Crippen molar-refractivity contribution in [3.63, 3.8) is 0 Å². The van der Waals surface area contributed by atoms with E-state index in [2.05, 4.69) is 20.8 Å². The van der Waals surface area contributed by atoms with Gasteiger partial charge >= 0.3 is 6.03 Å². The van der Waals surface area contributed by atoms with Crippen LogP contribution < -0.4 is 10.6 Å². The average molecular weight is 182 g/mol. The molecule has 3 N–H and O–H groups in total. The fourth-order valence-electron chi connectivity index (χ4n) is 0.698. The highest BCUT2D eigenvalue weighted by Gasteiger charge is 1.99. The van der Waals surface area contributed by atoms with Gasteiger partial charge in [0.25, 0.3) is 0 Å². The molecule has 1 rings (SSSR count). The van der Waals surface area contributed by atoms with Crippen molar-refractivity contribution in [2.24, 2.45) is 0 Å². The standard InChI is InChI=1S/C7H10N4O2/c12-5-4-8-7(13)10-6-2-1-3-9-11-6/h1-3,12H,4-5H2,(H2,8,10,11,13). The van der Waals surface area contributed by atoms with Crippen LogP contribution in [0.15, 0.2) is 18.3 Å². The third-order valence-corrected chi connectivity index (χ3v) is 1.21. The summed E-state index contributed by atoms with van der Waals surface area (Å²) in [6, 6.07) is 2.87. The number of hydrogen-bond acceptors (Lipinski definition) is 4. The van der Waals surface area contributed by atoms with Crippen molar-refractivity contribution in [2.45, 2.75) is 0 Å². The Hall–Kier alpha value is -1.69. The Balaban J connectivity index is 2.37. The average Bonchev–Trinajstić information content (AvgIpc) is 2.16. The predicted molar refractivity (Wildman–Crippen MR) is 46.1 cm³/mol. The molecule has 0 atom stereocenters. The maximum Gasteiger partial charge on any atom is 0.320 e. The van der Waals surface area contributed by atoms with E-state index in [-0.39, 0.29) is 13.2 Å². The van der Waals surface area contributed by atoms with E-state index >= 15 is 0 Å². The Labute approximate surface area is 75.0 Å². The fraction of sp³-hybridized carbons (Fsp3) is 0.286. The van der Waals surface area contributed by atoms with E-state index < -0.39 is 6.03 Å². The second-order valence-corrected chi connectivity index (χ2v) is 2.21. The number of hydrogen-bond donors (Lipinski definition) is 3. The number of anilines is 1. The Bertz CT molecular complexity index is 264. The molecule has 1 heterocycles. The minimum atomic E-state index is -0.408. The van der Waals surface area contributed by atoms with E-state index in [1.807, 2.05) is 0 Å². The second kappa shape index (κ2) is 5.04. The molecule has 6 heteroatoms. The molecule has 0 bridgehead atoms. The minimum absolute atomic E-state index is 0.0894. The van der Waals surface area contributed by atoms with E-state index in [0.717, 1.165) is 0 Å². The highest BCUT2D eigenvalue weighted by atomic mass is 16.3. The van der Waals surface area contributed by atoms with E-state index in [1.54, 1.807) is 12.1 Å². The highest BCUT2D eigenvalue weighted by molar-refractivity contribution is 5.87. The largest absolute Gasteiger partial charge is 0.395 e. The summed E-state index contributed by atoms with van der Waals surface area (Å²) in [6.07, 6.45) is 1.51. The normalized spacial score (nSPS) is 9.31. The molecule has 0 saturated carbocycles. The molecule has 0 radical (unpaired) electrons. The van der Waals surface area contributed by atoms with Gasteiger partial charge in [-0.05, 0) is 12.1 Å². The Morgan fingerprint density at radius 1 is 1.62 bits per heavy atom. The highest BCUT2D eigenvalue weighted by Crippen LogP contribution is 1.96. The summed E-state index contributed by atoms with van der Waals surface area (Å²) in [7, 11) is 0. The van der Waals surface area contributed by atoms with Crippen LogP contribution in [0.4, 0.5) is 10.6 Å². The molecule has 0 fully saturated rings. The van der Waals surface area contributed by atoms with Gasteiger partial charge in [-0.3, -0.25) is 5.32 Å². The molecule has 0 unspecified atom stereocenters. The molecule has 0 aliphatic heterocycles. The van der Waals surface area contributed by atoms with Crippen LogP contribution >= 0.6 is 0 Å². The predicted octanol–water partition coefficient (Wildman–Crippen LogP) is -0.410. The first kappa shape index (κ1) is 9.40. The Morgan fingerprint density at radius 2 is 2.46 bits per heavy atom. The maximum absolute atomic E-state index is 11.0. The van der Waals surface area contributed by atoms with Gasteiger partial charge in [0.05, 0.1) is 6.61 Å². The summed E-state index contributed by atoms with van der Waals surface area (Å²) < 4.78 is 0. The van der Waals surface area contributed by atoms with Crippen molar-refractivity contribution in [3.05, 3.63) is 18.3 Å². The van der Waals surface area contributed by atoms with Gasteiger partial charge in [0, 0.05) is 12.7 Å². The first-order valence-electron chi connectivity index (χ1n) is 3.76. The molecular weight excluding hydrogens is 172 g/mol. The number of rotatable bonds is 3.